The average Bonchev–Trinajstić information content (AvgIpc) is 1.33. The molecule has 0 aromatic rings. The van der Waals surface area contributed by atoms with Crippen LogP contribution in [0.15, 0.2) is 0 Å². The third kappa shape index (κ3) is 58.7. The lowest BCUT2D eigenvalue weighted by atomic mass is 11.2. The number of primary amides is 2. The van der Waals surface area contributed by atoms with E-state index in [2.05, 4.69) is 11.5 Å². The van der Waals surface area contributed by atoms with E-state index in [1.807, 2.05) is 0 Å². The van der Waals surface area contributed by atoms with E-state index in [-0.39, 0.29) is 0 Å². The smallest absolute Gasteiger partial charge is 0.335 e. The van der Waals surface area contributed by atoms with Gasteiger partial charge >= 0.3 is 17.6 Å². The first-order valence-electron chi connectivity index (χ1n) is 1.11. The average molecular weight is 124 g/mol. The molecule has 0 aliphatic carbocycles. The molecule has 6 heteroatoms. The Morgan fingerprint density at radius 1 is 1.29 bits per heavy atom. The lowest BCUT2D eigenvalue weighted by Crippen LogP contribution is -2.18. The standard InChI is InChI=1S/CH4N2O.O2S/c2-1(3)4;1-3-2/h(H4,2,3,4);. The largest absolute Gasteiger partial charge is 0.352 e. The first-order valence-corrected chi connectivity index (χ1v) is 1.78. The Bertz CT molecular complexity index is 80.9. The topological polar surface area (TPSA) is 103 Å². The fourth-order valence-corrected chi connectivity index (χ4v) is 0. The van der Waals surface area contributed by atoms with Crippen LogP contribution in [0.1, 0.15) is 0 Å². The highest BCUT2D eigenvalue weighted by molar-refractivity contribution is 7.51. The molecule has 0 aliphatic rings. The zero-order chi connectivity index (χ0) is 6.28. The minimum Gasteiger partial charge on any atom is -0.352 e. The molecule has 0 bridgehead atoms. The van der Waals surface area contributed by atoms with E-state index in [1.54, 1.807) is 0 Å². The summed E-state index contributed by atoms with van der Waals surface area (Å²) in [6.45, 7) is 0. The molecule has 4 N–H and O–H groups in total. The maximum atomic E-state index is 9.00. The van der Waals surface area contributed by atoms with Crippen molar-refractivity contribution in [1.82, 2.24) is 0 Å². The van der Waals surface area contributed by atoms with Gasteiger partial charge in [0.2, 0.25) is 0 Å². The van der Waals surface area contributed by atoms with E-state index < -0.39 is 17.6 Å². The van der Waals surface area contributed by atoms with Gasteiger partial charge in [-0.1, -0.05) is 0 Å². The second kappa shape index (κ2) is 8.92. The molecule has 0 heterocycles. The van der Waals surface area contributed by atoms with Gasteiger partial charge in [0.15, 0.2) is 0 Å². The summed E-state index contributed by atoms with van der Waals surface area (Å²) in [5.41, 5.74) is 8.50. The monoisotopic (exact) mass is 124 g/mol. The molecule has 0 radical (unpaired) electrons. The van der Waals surface area contributed by atoms with Gasteiger partial charge in [0.1, 0.15) is 0 Å². The van der Waals surface area contributed by atoms with E-state index in [4.69, 9.17) is 13.2 Å². The number of nitrogens with two attached hydrogens (primary N) is 2. The quantitative estimate of drug-likeness (QED) is 0.404. The van der Waals surface area contributed by atoms with E-state index in [0.717, 1.165) is 0 Å². The van der Waals surface area contributed by atoms with Gasteiger partial charge in [-0.3, -0.25) is 0 Å². The van der Waals surface area contributed by atoms with Gasteiger partial charge < -0.3 is 11.5 Å². The number of carbonyl (C=O) groups is 1. The van der Waals surface area contributed by atoms with E-state index in [9.17, 15) is 0 Å². The fraction of sp³-hybridized carbons (Fsp3) is 0. The summed E-state index contributed by atoms with van der Waals surface area (Å²) < 4.78 is 16.6. The second-order valence-corrected chi connectivity index (χ2v) is 0.606. The number of rotatable bonds is 0. The Labute approximate surface area is 43.3 Å². The molecule has 5 nitrogen and oxygen atoms in total. The molecule has 0 saturated heterocycles. The number of carbonyl (C=O) groups excluding carboxylic acids is 1. The van der Waals surface area contributed by atoms with Crippen molar-refractivity contribution < 1.29 is 13.2 Å². The predicted molar refractivity (Wildman–Crippen MR) is 22.7 cm³/mol. The molecule has 7 heavy (non-hydrogen) atoms. The highest BCUT2D eigenvalue weighted by Gasteiger charge is 1.60. The van der Waals surface area contributed by atoms with Gasteiger partial charge in [-0.25, -0.2) is 4.79 Å². The molecule has 2 amide bonds. The maximum absolute atomic E-state index is 9.00. The number of hydrogen-bond donors (Lipinski definition) is 2. The van der Waals surface area contributed by atoms with Crippen molar-refractivity contribution in [2.24, 2.45) is 11.5 Å². The summed E-state index contributed by atoms with van der Waals surface area (Å²) in [7, 11) is 0. The van der Waals surface area contributed by atoms with Crippen LogP contribution in [0.4, 0.5) is 4.79 Å². The highest BCUT2D eigenvalue weighted by atomic mass is 32.1. The van der Waals surface area contributed by atoms with Gasteiger partial charge in [0.25, 0.3) is 0 Å². The lowest BCUT2D eigenvalue weighted by Gasteiger charge is -1.62. The summed E-state index contributed by atoms with van der Waals surface area (Å²) in [5.74, 6) is 0. The Hall–Kier alpha value is -0.910. The van der Waals surface area contributed by atoms with Crippen LogP contribution in [0.5, 0.6) is 0 Å². The van der Waals surface area contributed by atoms with E-state index >= 15 is 0 Å². The predicted octanol–water partition coefficient (Wildman–Crippen LogP) is -1.65. The van der Waals surface area contributed by atoms with E-state index in [0.29, 0.717) is 0 Å². The summed E-state index contributed by atoms with van der Waals surface area (Å²) in [6.07, 6.45) is 0. The SMILES string of the molecule is NC(N)=O.O=S=O. The van der Waals surface area contributed by atoms with Crippen LogP contribution in [-0.2, 0) is 11.6 Å². The number of urea groups is 1. The molecular formula is CH4N2O3S. The normalized spacial score (nSPS) is 5.14. The molecule has 0 saturated carbocycles. The van der Waals surface area contributed by atoms with Gasteiger partial charge in [0, 0.05) is 0 Å². The van der Waals surface area contributed by atoms with Gasteiger partial charge in [0.05, 0.1) is 0 Å². The van der Waals surface area contributed by atoms with Crippen molar-refractivity contribution in [2.45, 2.75) is 0 Å². The molecule has 0 fully saturated rings. The fourth-order valence-electron chi connectivity index (χ4n) is 0. The molecule has 0 aromatic carbocycles. The molecule has 0 unspecified atom stereocenters. The van der Waals surface area contributed by atoms with Crippen LogP contribution in [0, 0.1) is 0 Å². The second-order valence-electron chi connectivity index (χ2n) is 0.470. The first kappa shape index (κ1) is 9.43. The first-order chi connectivity index (χ1) is 3.15. The molecule has 0 aromatic heterocycles. The third-order valence-corrected chi connectivity index (χ3v) is 0. The van der Waals surface area contributed by atoms with Crippen molar-refractivity contribution >= 4 is 17.6 Å². The van der Waals surface area contributed by atoms with Crippen molar-refractivity contribution in [1.29, 1.82) is 0 Å². The molecule has 0 spiro atoms. The summed E-state index contributed by atoms with van der Waals surface area (Å²) in [6, 6.07) is -0.833. The lowest BCUT2D eigenvalue weighted by molar-refractivity contribution is 0.256. The Kier molecular flexibility index (Phi) is 12.0. The Balaban J connectivity index is 0. The van der Waals surface area contributed by atoms with Crippen LogP contribution in [0.25, 0.3) is 0 Å². The summed E-state index contributed by atoms with van der Waals surface area (Å²) in [4.78, 5) is 9.00. The highest BCUT2D eigenvalue weighted by Crippen LogP contribution is 1.25. The van der Waals surface area contributed by atoms with Crippen molar-refractivity contribution in [3.05, 3.63) is 0 Å². The summed E-state index contributed by atoms with van der Waals surface area (Å²) >= 11 is -0.750. The van der Waals surface area contributed by atoms with Gasteiger partial charge in [-0.15, -0.1) is 0 Å². The van der Waals surface area contributed by atoms with Crippen LogP contribution >= 0.6 is 0 Å². The zero-order valence-corrected chi connectivity index (χ0v) is 4.10. The van der Waals surface area contributed by atoms with Gasteiger partial charge in [-0.05, 0) is 0 Å². The maximum Gasteiger partial charge on any atom is 0.335 e. The molecular weight excluding hydrogens is 120 g/mol. The van der Waals surface area contributed by atoms with Crippen molar-refractivity contribution in [2.75, 3.05) is 0 Å². The number of hydrogen-bond acceptors (Lipinski definition) is 3. The zero-order valence-electron chi connectivity index (χ0n) is 3.29. The van der Waals surface area contributed by atoms with Crippen LogP contribution in [-0.4, -0.2) is 14.4 Å². The minimum atomic E-state index is -0.833. The van der Waals surface area contributed by atoms with E-state index in [1.165, 1.54) is 0 Å². The molecule has 42 valence electrons. The number of amides is 2. The van der Waals surface area contributed by atoms with Crippen molar-refractivity contribution in [3.8, 4) is 0 Å². The molecule has 0 aliphatic heterocycles. The molecule has 0 atom stereocenters. The summed E-state index contributed by atoms with van der Waals surface area (Å²) in [5, 5.41) is 0. The molecule has 0 rings (SSSR count). The van der Waals surface area contributed by atoms with Crippen LogP contribution in [0.2, 0.25) is 0 Å². The van der Waals surface area contributed by atoms with Gasteiger partial charge in [-0.2, -0.15) is 8.42 Å². The third-order valence-electron chi connectivity index (χ3n) is 0. The Morgan fingerprint density at radius 2 is 1.29 bits per heavy atom. The van der Waals surface area contributed by atoms with Crippen molar-refractivity contribution in [3.63, 3.8) is 0 Å². The minimum absolute atomic E-state index is 0.750. The van der Waals surface area contributed by atoms with Crippen LogP contribution < -0.4 is 11.5 Å². The van der Waals surface area contributed by atoms with Crippen LogP contribution in [0.3, 0.4) is 0 Å². The Morgan fingerprint density at radius 3 is 1.29 bits per heavy atom.